The highest BCUT2D eigenvalue weighted by atomic mass is 79.9. The number of hydrogen-bond acceptors (Lipinski definition) is 2. The van der Waals surface area contributed by atoms with Gasteiger partial charge in [-0.2, -0.15) is 0 Å². The standard InChI is InChI=1S/C13H20BrNO/c1-3-4-5-6-12(15)11-8-7-10(14)9-13(11)16-2/h7-9,12H,3-6,15H2,1-2H3/t12-/m1/s1. The normalized spacial score (nSPS) is 12.5. The van der Waals surface area contributed by atoms with Crippen LogP contribution in [0.4, 0.5) is 0 Å². The highest BCUT2D eigenvalue weighted by molar-refractivity contribution is 9.10. The monoisotopic (exact) mass is 285 g/mol. The van der Waals surface area contributed by atoms with Crippen molar-refractivity contribution in [3.63, 3.8) is 0 Å². The Hall–Kier alpha value is -0.540. The Morgan fingerprint density at radius 1 is 1.38 bits per heavy atom. The molecule has 1 rings (SSSR count). The van der Waals surface area contributed by atoms with E-state index >= 15 is 0 Å². The highest BCUT2D eigenvalue weighted by Gasteiger charge is 2.11. The van der Waals surface area contributed by atoms with E-state index in [9.17, 15) is 0 Å². The number of benzene rings is 1. The highest BCUT2D eigenvalue weighted by Crippen LogP contribution is 2.29. The molecule has 0 spiro atoms. The Morgan fingerprint density at radius 2 is 2.12 bits per heavy atom. The summed E-state index contributed by atoms with van der Waals surface area (Å²) in [5.41, 5.74) is 7.27. The maximum Gasteiger partial charge on any atom is 0.124 e. The second kappa shape index (κ2) is 6.92. The van der Waals surface area contributed by atoms with Crippen LogP contribution in [0.3, 0.4) is 0 Å². The molecule has 0 aliphatic rings. The van der Waals surface area contributed by atoms with Crippen LogP contribution in [-0.2, 0) is 0 Å². The summed E-state index contributed by atoms with van der Waals surface area (Å²) in [6.07, 6.45) is 4.67. The maximum atomic E-state index is 6.17. The number of ether oxygens (including phenoxy) is 1. The topological polar surface area (TPSA) is 35.2 Å². The van der Waals surface area contributed by atoms with Crippen LogP contribution in [0.25, 0.3) is 0 Å². The Morgan fingerprint density at radius 3 is 2.75 bits per heavy atom. The van der Waals surface area contributed by atoms with E-state index < -0.39 is 0 Å². The third-order valence-electron chi connectivity index (χ3n) is 2.71. The van der Waals surface area contributed by atoms with Crippen molar-refractivity contribution in [3.8, 4) is 5.75 Å². The van der Waals surface area contributed by atoms with Crippen LogP contribution in [0.15, 0.2) is 22.7 Å². The molecule has 2 nitrogen and oxygen atoms in total. The molecule has 2 N–H and O–H groups in total. The van der Waals surface area contributed by atoms with Crippen molar-refractivity contribution in [1.29, 1.82) is 0 Å². The molecule has 0 radical (unpaired) electrons. The first-order chi connectivity index (χ1) is 7.69. The van der Waals surface area contributed by atoms with Gasteiger partial charge in [0.15, 0.2) is 0 Å². The number of nitrogens with two attached hydrogens (primary N) is 1. The molecule has 0 aliphatic heterocycles. The molecule has 0 amide bonds. The molecule has 1 aromatic carbocycles. The van der Waals surface area contributed by atoms with E-state index in [1.165, 1.54) is 19.3 Å². The Balaban J connectivity index is 2.70. The van der Waals surface area contributed by atoms with Crippen molar-refractivity contribution in [2.75, 3.05) is 7.11 Å². The molecule has 0 aromatic heterocycles. The van der Waals surface area contributed by atoms with Crippen LogP contribution < -0.4 is 10.5 Å². The van der Waals surface area contributed by atoms with Gasteiger partial charge in [-0.25, -0.2) is 0 Å². The lowest BCUT2D eigenvalue weighted by molar-refractivity contribution is 0.403. The van der Waals surface area contributed by atoms with Crippen LogP contribution >= 0.6 is 15.9 Å². The van der Waals surface area contributed by atoms with Gasteiger partial charge in [-0.05, 0) is 18.6 Å². The zero-order valence-electron chi connectivity index (χ0n) is 10.0. The first-order valence-electron chi connectivity index (χ1n) is 5.78. The predicted molar refractivity (Wildman–Crippen MR) is 71.8 cm³/mol. The quantitative estimate of drug-likeness (QED) is 0.801. The van der Waals surface area contributed by atoms with E-state index in [4.69, 9.17) is 10.5 Å². The van der Waals surface area contributed by atoms with Crippen molar-refractivity contribution in [3.05, 3.63) is 28.2 Å². The van der Waals surface area contributed by atoms with E-state index in [0.29, 0.717) is 0 Å². The third-order valence-corrected chi connectivity index (χ3v) is 3.21. The van der Waals surface area contributed by atoms with E-state index in [2.05, 4.69) is 22.9 Å². The average molecular weight is 286 g/mol. The van der Waals surface area contributed by atoms with Gasteiger partial charge < -0.3 is 10.5 Å². The lowest BCUT2D eigenvalue weighted by atomic mass is 10.0. The number of methoxy groups -OCH3 is 1. The van der Waals surface area contributed by atoms with Crippen molar-refractivity contribution in [2.24, 2.45) is 5.73 Å². The first kappa shape index (κ1) is 13.5. The van der Waals surface area contributed by atoms with Crippen LogP contribution in [0.5, 0.6) is 5.75 Å². The summed E-state index contributed by atoms with van der Waals surface area (Å²) in [4.78, 5) is 0. The Labute approximate surface area is 106 Å². The minimum atomic E-state index is 0.0783. The van der Waals surface area contributed by atoms with Gasteiger partial charge in [0.2, 0.25) is 0 Å². The summed E-state index contributed by atoms with van der Waals surface area (Å²) in [6.45, 7) is 2.20. The fourth-order valence-electron chi connectivity index (χ4n) is 1.76. The molecule has 16 heavy (non-hydrogen) atoms. The summed E-state index contributed by atoms with van der Waals surface area (Å²) < 4.78 is 6.37. The van der Waals surface area contributed by atoms with Crippen LogP contribution in [0, 0.1) is 0 Å². The molecule has 0 aliphatic carbocycles. The van der Waals surface area contributed by atoms with Crippen LogP contribution in [-0.4, -0.2) is 7.11 Å². The molecular formula is C13H20BrNO. The molecule has 0 bridgehead atoms. The SMILES string of the molecule is CCCCC[C@@H](N)c1ccc(Br)cc1OC. The zero-order chi connectivity index (χ0) is 12.0. The van der Waals surface area contributed by atoms with E-state index in [0.717, 1.165) is 22.2 Å². The maximum absolute atomic E-state index is 6.17. The third kappa shape index (κ3) is 3.80. The van der Waals surface area contributed by atoms with Crippen LogP contribution in [0.1, 0.15) is 44.2 Å². The molecule has 1 aromatic rings. The largest absolute Gasteiger partial charge is 0.496 e. The number of unbranched alkanes of at least 4 members (excludes halogenated alkanes) is 2. The lowest BCUT2D eigenvalue weighted by Gasteiger charge is -2.15. The van der Waals surface area contributed by atoms with Gasteiger partial charge in [-0.3, -0.25) is 0 Å². The smallest absolute Gasteiger partial charge is 0.124 e. The average Bonchev–Trinajstić information content (AvgIpc) is 2.29. The molecule has 90 valence electrons. The molecule has 0 fully saturated rings. The van der Waals surface area contributed by atoms with Gasteiger partial charge in [0, 0.05) is 16.1 Å². The van der Waals surface area contributed by atoms with Crippen molar-refractivity contribution < 1.29 is 4.74 Å². The fourth-order valence-corrected chi connectivity index (χ4v) is 2.10. The second-order valence-electron chi connectivity index (χ2n) is 3.99. The molecule has 0 heterocycles. The molecule has 3 heteroatoms. The van der Waals surface area contributed by atoms with Gasteiger partial charge in [0.05, 0.1) is 7.11 Å². The van der Waals surface area contributed by atoms with Crippen LogP contribution in [0.2, 0.25) is 0 Å². The summed E-state index contributed by atoms with van der Waals surface area (Å²) in [7, 11) is 1.68. The van der Waals surface area contributed by atoms with E-state index in [1.807, 2.05) is 18.2 Å². The molecule has 1 atom stereocenters. The van der Waals surface area contributed by atoms with E-state index in [-0.39, 0.29) is 6.04 Å². The number of rotatable bonds is 6. The van der Waals surface area contributed by atoms with Gasteiger partial charge in [0.25, 0.3) is 0 Å². The van der Waals surface area contributed by atoms with Crippen molar-refractivity contribution >= 4 is 15.9 Å². The molecule has 0 saturated heterocycles. The van der Waals surface area contributed by atoms with Crippen molar-refractivity contribution in [2.45, 2.75) is 38.6 Å². The number of halogens is 1. The molecule has 0 saturated carbocycles. The predicted octanol–water partition coefficient (Wildman–Crippen LogP) is 4.04. The lowest BCUT2D eigenvalue weighted by Crippen LogP contribution is -2.11. The second-order valence-corrected chi connectivity index (χ2v) is 4.90. The summed E-state index contributed by atoms with van der Waals surface area (Å²) in [5, 5.41) is 0. The van der Waals surface area contributed by atoms with Gasteiger partial charge in [-0.15, -0.1) is 0 Å². The first-order valence-corrected chi connectivity index (χ1v) is 6.57. The summed E-state index contributed by atoms with van der Waals surface area (Å²) in [6, 6.07) is 6.10. The van der Waals surface area contributed by atoms with Gasteiger partial charge >= 0.3 is 0 Å². The Kier molecular flexibility index (Phi) is 5.85. The summed E-state index contributed by atoms with van der Waals surface area (Å²) in [5.74, 6) is 0.873. The minimum Gasteiger partial charge on any atom is -0.496 e. The van der Waals surface area contributed by atoms with Gasteiger partial charge in [-0.1, -0.05) is 48.2 Å². The minimum absolute atomic E-state index is 0.0783. The molecular weight excluding hydrogens is 266 g/mol. The fraction of sp³-hybridized carbons (Fsp3) is 0.538. The molecule has 0 unspecified atom stereocenters. The van der Waals surface area contributed by atoms with Gasteiger partial charge in [0.1, 0.15) is 5.75 Å². The summed E-state index contributed by atoms with van der Waals surface area (Å²) >= 11 is 3.43. The number of hydrogen-bond donors (Lipinski definition) is 1. The Bertz CT molecular complexity index is 328. The van der Waals surface area contributed by atoms with E-state index in [1.54, 1.807) is 7.11 Å². The van der Waals surface area contributed by atoms with Crippen molar-refractivity contribution in [1.82, 2.24) is 0 Å². The zero-order valence-corrected chi connectivity index (χ0v) is 11.6.